The Hall–Kier alpha value is -0.810. The Labute approximate surface area is 100 Å². The van der Waals surface area contributed by atoms with E-state index in [4.69, 9.17) is 11.6 Å². The van der Waals surface area contributed by atoms with E-state index in [1.807, 2.05) is 24.1 Å². The van der Waals surface area contributed by atoms with E-state index < -0.39 is 9.84 Å². The van der Waals surface area contributed by atoms with Gasteiger partial charge in [0.25, 0.3) is 0 Å². The van der Waals surface area contributed by atoms with E-state index in [1.165, 1.54) is 0 Å². The normalized spacial score (nSPS) is 23.2. The Morgan fingerprint density at radius 1 is 1.50 bits per heavy atom. The van der Waals surface area contributed by atoms with Crippen LogP contribution in [0.1, 0.15) is 6.42 Å². The molecule has 2 heterocycles. The van der Waals surface area contributed by atoms with Crippen molar-refractivity contribution in [1.29, 1.82) is 0 Å². The summed E-state index contributed by atoms with van der Waals surface area (Å²) in [6.45, 7) is 0. The molecular weight excluding hydrogens is 248 g/mol. The highest BCUT2D eigenvalue weighted by Crippen LogP contribution is 2.22. The molecule has 0 N–H and O–H groups in total. The molecule has 1 aromatic heterocycles. The molecule has 6 heteroatoms. The number of anilines is 1. The molecule has 0 radical (unpaired) electrons. The molecule has 0 amide bonds. The SMILES string of the molecule is CN(c1cccc(Cl)n1)C1CCS(=O)(=O)C1. The molecule has 1 saturated heterocycles. The summed E-state index contributed by atoms with van der Waals surface area (Å²) in [5.74, 6) is 1.19. The third-order valence-corrected chi connectivity index (χ3v) is 4.78. The molecule has 1 aromatic rings. The highest BCUT2D eigenvalue weighted by molar-refractivity contribution is 7.91. The van der Waals surface area contributed by atoms with Gasteiger partial charge in [0.2, 0.25) is 0 Å². The third kappa shape index (κ3) is 2.47. The minimum atomic E-state index is -2.86. The van der Waals surface area contributed by atoms with E-state index in [-0.39, 0.29) is 17.5 Å². The second-order valence-electron chi connectivity index (χ2n) is 3.99. The molecule has 88 valence electrons. The van der Waals surface area contributed by atoms with Gasteiger partial charge in [0, 0.05) is 13.1 Å². The van der Waals surface area contributed by atoms with Crippen LogP contribution in [0.3, 0.4) is 0 Å². The summed E-state index contributed by atoms with van der Waals surface area (Å²) in [5, 5.41) is 0.421. The van der Waals surface area contributed by atoms with Crippen molar-refractivity contribution in [3.05, 3.63) is 23.4 Å². The van der Waals surface area contributed by atoms with Gasteiger partial charge in [0.05, 0.1) is 11.5 Å². The van der Waals surface area contributed by atoms with Gasteiger partial charge >= 0.3 is 0 Å². The number of rotatable bonds is 2. The first-order chi connectivity index (χ1) is 7.48. The average Bonchev–Trinajstić information content (AvgIpc) is 2.58. The standard InChI is InChI=1S/C10H13ClN2O2S/c1-13(8-5-6-16(14,15)7-8)10-4-2-3-9(11)12-10/h2-4,8H,5-7H2,1H3. The first-order valence-electron chi connectivity index (χ1n) is 5.04. The van der Waals surface area contributed by atoms with Crippen LogP contribution in [0.25, 0.3) is 0 Å². The maximum absolute atomic E-state index is 11.4. The van der Waals surface area contributed by atoms with Gasteiger partial charge in [-0.25, -0.2) is 13.4 Å². The number of hydrogen-bond acceptors (Lipinski definition) is 4. The van der Waals surface area contributed by atoms with Crippen LogP contribution in [-0.4, -0.2) is 38.0 Å². The molecule has 0 saturated carbocycles. The van der Waals surface area contributed by atoms with Gasteiger partial charge in [-0.1, -0.05) is 17.7 Å². The van der Waals surface area contributed by atoms with Gasteiger partial charge in [0.1, 0.15) is 11.0 Å². The summed E-state index contributed by atoms with van der Waals surface area (Å²) >= 11 is 5.80. The summed E-state index contributed by atoms with van der Waals surface area (Å²) in [4.78, 5) is 6.05. The smallest absolute Gasteiger partial charge is 0.152 e. The number of halogens is 1. The zero-order valence-corrected chi connectivity index (χ0v) is 10.5. The van der Waals surface area contributed by atoms with Crippen molar-refractivity contribution < 1.29 is 8.42 Å². The molecule has 1 atom stereocenters. The largest absolute Gasteiger partial charge is 0.356 e. The number of sulfone groups is 1. The third-order valence-electron chi connectivity index (χ3n) is 2.82. The molecule has 4 nitrogen and oxygen atoms in total. The van der Waals surface area contributed by atoms with Crippen molar-refractivity contribution in [3.63, 3.8) is 0 Å². The lowest BCUT2D eigenvalue weighted by Crippen LogP contribution is -2.33. The monoisotopic (exact) mass is 260 g/mol. The average molecular weight is 261 g/mol. The molecule has 0 aromatic carbocycles. The zero-order valence-electron chi connectivity index (χ0n) is 8.93. The van der Waals surface area contributed by atoms with Crippen molar-refractivity contribution in [3.8, 4) is 0 Å². The molecule has 1 aliphatic rings. The summed E-state index contributed by atoms with van der Waals surface area (Å²) in [7, 11) is -1.01. The van der Waals surface area contributed by atoms with E-state index in [0.717, 1.165) is 5.82 Å². The fourth-order valence-corrected chi connectivity index (χ4v) is 3.80. The highest BCUT2D eigenvalue weighted by atomic mass is 35.5. The van der Waals surface area contributed by atoms with Gasteiger partial charge in [0.15, 0.2) is 9.84 Å². The van der Waals surface area contributed by atoms with Crippen LogP contribution in [-0.2, 0) is 9.84 Å². The molecule has 2 rings (SSSR count). The maximum atomic E-state index is 11.4. The predicted octanol–water partition coefficient (Wildman–Crippen LogP) is 1.36. The van der Waals surface area contributed by atoms with Gasteiger partial charge in [-0.15, -0.1) is 0 Å². The van der Waals surface area contributed by atoms with Gasteiger partial charge < -0.3 is 4.90 Å². The molecule has 1 aliphatic heterocycles. The Morgan fingerprint density at radius 2 is 2.25 bits per heavy atom. The van der Waals surface area contributed by atoms with Crippen molar-refractivity contribution >= 4 is 27.3 Å². The number of hydrogen-bond donors (Lipinski definition) is 0. The lowest BCUT2D eigenvalue weighted by molar-refractivity contribution is 0.600. The van der Waals surface area contributed by atoms with Crippen LogP contribution in [0.5, 0.6) is 0 Å². The lowest BCUT2D eigenvalue weighted by atomic mass is 10.2. The zero-order chi connectivity index (χ0) is 11.8. The van der Waals surface area contributed by atoms with E-state index in [1.54, 1.807) is 6.07 Å². The highest BCUT2D eigenvalue weighted by Gasteiger charge is 2.31. The number of pyridine rings is 1. The van der Waals surface area contributed by atoms with Crippen LogP contribution in [0, 0.1) is 0 Å². The molecular formula is C10H13ClN2O2S. The van der Waals surface area contributed by atoms with Crippen molar-refractivity contribution in [2.75, 3.05) is 23.5 Å². The number of aromatic nitrogens is 1. The van der Waals surface area contributed by atoms with E-state index in [9.17, 15) is 8.42 Å². The van der Waals surface area contributed by atoms with Crippen LogP contribution < -0.4 is 4.90 Å². The first kappa shape index (κ1) is 11.7. The molecule has 1 unspecified atom stereocenters. The summed E-state index contributed by atoms with van der Waals surface area (Å²) in [6.07, 6.45) is 0.660. The van der Waals surface area contributed by atoms with Crippen molar-refractivity contribution in [2.24, 2.45) is 0 Å². The second kappa shape index (κ2) is 4.22. The Morgan fingerprint density at radius 3 is 2.81 bits per heavy atom. The Bertz CT molecular complexity index is 489. The molecule has 1 fully saturated rings. The second-order valence-corrected chi connectivity index (χ2v) is 6.60. The van der Waals surface area contributed by atoms with Gasteiger partial charge in [-0.2, -0.15) is 0 Å². The van der Waals surface area contributed by atoms with Crippen LogP contribution in [0.2, 0.25) is 5.15 Å². The Balaban J connectivity index is 2.17. The molecule has 0 spiro atoms. The minimum absolute atomic E-state index is 0.0102. The first-order valence-corrected chi connectivity index (χ1v) is 7.24. The summed E-state index contributed by atoms with van der Waals surface area (Å²) < 4.78 is 22.7. The molecule has 0 bridgehead atoms. The molecule has 0 aliphatic carbocycles. The number of nitrogens with zero attached hydrogens (tertiary/aromatic N) is 2. The van der Waals surface area contributed by atoms with E-state index in [0.29, 0.717) is 11.6 Å². The Kier molecular flexibility index (Phi) is 3.08. The fraction of sp³-hybridized carbons (Fsp3) is 0.500. The van der Waals surface area contributed by atoms with Crippen molar-refractivity contribution in [2.45, 2.75) is 12.5 Å². The van der Waals surface area contributed by atoms with Gasteiger partial charge in [-0.3, -0.25) is 0 Å². The van der Waals surface area contributed by atoms with Crippen LogP contribution >= 0.6 is 11.6 Å². The fourth-order valence-electron chi connectivity index (χ4n) is 1.86. The predicted molar refractivity (Wildman–Crippen MR) is 64.7 cm³/mol. The van der Waals surface area contributed by atoms with E-state index >= 15 is 0 Å². The maximum Gasteiger partial charge on any atom is 0.152 e. The summed E-state index contributed by atoms with van der Waals surface area (Å²) in [6, 6.07) is 5.35. The van der Waals surface area contributed by atoms with Gasteiger partial charge in [-0.05, 0) is 18.6 Å². The minimum Gasteiger partial charge on any atom is -0.356 e. The molecule has 16 heavy (non-hydrogen) atoms. The van der Waals surface area contributed by atoms with Crippen LogP contribution in [0.15, 0.2) is 18.2 Å². The lowest BCUT2D eigenvalue weighted by Gasteiger charge is -2.24. The van der Waals surface area contributed by atoms with Crippen LogP contribution in [0.4, 0.5) is 5.82 Å². The quantitative estimate of drug-likeness (QED) is 0.754. The topological polar surface area (TPSA) is 50.3 Å². The summed E-state index contributed by atoms with van der Waals surface area (Å²) in [5.41, 5.74) is 0. The van der Waals surface area contributed by atoms with Crippen molar-refractivity contribution in [1.82, 2.24) is 4.98 Å². The van der Waals surface area contributed by atoms with E-state index in [2.05, 4.69) is 4.98 Å².